The van der Waals surface area contributed by atoms with Crippen LogP contribution in [0.4, 0.5) is 19.0 Å². The van der Waals surface area contributed by atoms with E-state index in [2.05, 4.69) is 24.8 Å². The number of nitrogen functional groups attached to an aromatic ring is 1. The average Bonchev–Trinajstić information content (AvgIpc) is 3.69. The molecule has 0 aliphatic carbocycles. The monoisotopic (exact) mass is 701 g/mol. The number of anilines is 1. The number of esters is 1. The SMILES string of the molecule is Cc1c(Cl)cc(C(C)n2nc(-c3cnn(CCO)c3)c3c(N)ncnc32)c(OCCOC(=O)C(F)(F)F)c1-c1ccc(C(=O)N(C)C)nc1. The Hall–Kier alpha value is -5.29. The van der Waals surface area contributed by atoms with E-state index in [4.69, 9.17) is 27.2 Å². The fourth-order valence-electron chi connectivity index (χ4n) is 5.12. The number of fused-ring (bicyclic) bond motifs is 1. The summed E-state index contributed by atoms with van der Waals surface area (Å²) in [6.45, 7) is 2.47. The number of halogens is 4. The van der Waals surface area contributed by atoms with E-state index in [1.54, 1.807) is 61.8 Å². The highest BCUT2D eigenvalue weighted by atomic mass is 35.5. The predicted molar refractivity (Wildman–Crippen MR) is 172 cm³/mol. The normalized spacial score (nSPS) is 12.3. The van der Waals surface area contributed by atoms with Crippen molar-refractivity contribution in [2.24, 2.45) is 0 Å². The topological polar surface area (TPSA) is 176 Å². The van der Waals surface area contributed by atoms with Crippen LogP contribution in [0.15, 0.2) is 43.1 Å². The van der Waals surface area contributed by atoms with Gasteiger partial charge in [-0.05, 0) is 31.5 Å². The Morgan fingerprint density at radius 3 is 2.53 bits per heavy atom. The van der Waals surface area contributed by atoms with Crippen LogP contribution in [0.25, 0.3) is 33.4 Å². The van der Waals surface area contributed by atoms with Crippen LogP contribution in [-0.2, 0) is 16.1 Å². The van der Waals surface area contributed by atoms with E-state index in [1.165, 1.54) is 23.5 Å². The maximum Gasteiger partial charge on any atom is 0.490 e. The van der Waals surface area contributed by atoms with Crippen molar-refractivity contribution in [2.45, 2.75) is 32.6 Å². The molecule has 14 nitrogen and oxygen atoms in total. The van der Waals surface area contributed by atoms with Gasteiger partial charge in [0.05, 0.1) is 30.8 Å². The molecule has 0 spiro atoms. The van der Waals surface area contributed by atoms with Crippen molar-refractivity contribution in [1.29, 1.82) is 0 Å². The highest BCUT2D eigenvalue weighted by Crippen LogP contribution is 2.44. The van der Waals surface area contributed by atoms with Gasteiger partial charge in [0.25, 0.3) is 5.91 Å². The molecule has 49 heavy (non-hydrogen) atoms. The molecule has 4 aromatic heterocycles. The van der Waals surface area contributed by atoms with E-state index in [0.717, 1.165) is 0 Å². The van der Waals surface area contributed by atoms with Gasteiger partial charge in [-0.1, -0.05) is 17.7 Å². The zero-order valence-corrected chi connectivity index (χ0v) is 27.5. The largest absolute Gasteiger partial charge is 0.490 e. The minimum atomic E-state index is -5.17. The summed E-state index contributed by atoms with van der Waals surface area (Å²) in [5.41, 5.74) is 9.72. The zero-order valence-electron chi connectivity index (χ0n) is 26.7. The molecule has 258 valence electrons. The molecule has 1 unspecified atom stereocenters. The second kappa shape index (κ2) is 14.1. The van der Waals surface area contributed by atoms with Gasteiger partial charge in [0.2, 0.25) is 0 Å². The van der Waals surface area contributed by atoms with E-state index in [1.807, 2.05) is 0 Å². The maximum atomic E-state index is 12.8. The second-order valence-electron chi connectivity index (χ2n) is 11.0. The fraction of sp³-hybridized carbons (Fsp3) is 0.323. The van der Waals surface area contributed by atoms with Gasteiger partial charge in [-0.3, -0.25) is 14.5 Å². The first kappa shape index (κ1) is 35.0. The first-order valence-corrected chi connectivity index (χ1v) is 15.1. The van der Waals surface area contributed by atoms with Gasteiger partial charge in [0.15, 0.2) is 5.65 Å². The molecular weight excluding hydrogens is 671 g/mol. The first-order valence-electron chi connectivity index (χ1n) is 14.7. The minimum Gasteiger partial charge on any atom is -0.489 e. The predicted octanol–water partition coefficient (Wildman–Crippen LogP) is 4.08. The number of hydrogen-bond acceptors (Lipinski definition) is 11. The number of nitrogens with zero attached hydrogens (tertiary/aromatic N) is 8. The van der Waals surface area contributed by atoms with Crippen LogP contribution in [0, 0.1) is 6.92 Å². The summed E-state index contributed by atoms with van der Waals surface area (Å²) in [5, 5.41) is 19.2. The Morgan fingerprint density at radius 2 is 1.88 bits per heavy atom. The van der Waals surface area contributed by atoms with E-state index in [-0.39, 0.29) is 36.3 Å². The number of rotatable bonds is 11. The third-order valence-corrected chi connectivity index (χ3v) is 7.94. The lowest BCUT2D eigenvalue weighted by atomic mass is 9.94. The number of alkyl halides is 3. The number of ether oxygens (including phenoxy) is 2. The van der Waals surface area contributed by atoms with Crippen molar-refractivity contribution in [3.8, 4) is 28.1 Å². The number of pyridine rings is 1. The number of benzene rings is 1. The molecule has 0 aliphatic heterocycles. The first-order chi connectivity index (χ1) is 23.2. The molecule has 0 radical (unpaired) electrons. The molecule has 0 saturated heterocycles. The lowest BCUT2D eigenvalue weighted by Gasteiger charge is -2.23. The van der Waals surface area contributed by atoms with Gasteiger partial charge in [-0.15, -0.1) is 0 Å². The molecule has 1 atom stereocenters. The van der Waals surface area contributed by atoms with E-state index in [9.17, 15) is 27.9 Å². The Morgan fingerprint density at radius 1 is 1.12 bits per heavy atom. The van der Waals surface area contributed by atoms with Gasteiger partial charge < -0.3 is 25.2 Å². The molecule has 3 N–H and O–H groups in total. The van der Waals surface area contributed by atoms with Crippen LogP contribution in [0.5, 0.6) is 5.75 Å². The van der Waals surface area contributed by atoms with Crippen LogP contribution < -0.4 is 10.5 Å². The molecule has 5 rings (SSSR count). The average molecular weight is 702 g/mol. The Kier molecular flexibility index (Phi) is 10.0. The number of hydrogen-bond donors (Lipinski definition) is 2. The molecule has 0 aliphatic rings. The van der Waals surface area contributed by atoms with Gasteiger partial charge in [0.1, 0.15) is 42.5 Å². The number of nitrogens with two attached hydrogens (primary N) is 1. The third-order valence-electron chi connectivity index (χ3n) is 7.55. The number of aliphatic hydroxyl groups is 1. The Balaban J connectivity index is 1.65. The standard InChI is InChI=1S/C31H31ClF3N9O5/c1-16-21(32)11-20(17(2)44-28-24(27(36)38-15-39-28)25(41-44)19-13-40-43(14-19)7-8-45)26(48-9-10-49-30(47)31(33,34)35)23(16)18-5-6-22(37-12-18)29(46)42(3)4/h5-6,11-15,17,45H,7-10H2,1-4H3,(H2,36,38,39). The van der Waals surface area contributed by atoms with Gasteiger partial charge >= 0.3 is 12.1 Å². The summed E-state index contributed by atoms with van der Waals surface area (Å²) < 4.78 is 52.0. The number of aromatic nitrogens is 7. The molecule has 0 fully saturated rings. The summed E-state index contributed by atoms with van der Waals surface area (Å²) >= 11 is 6.79. The summed E-state index contributed by atoms with van der Waals surface area (Å²) in [7, 11) is 3.18. The highest BCUT2D eigenvalue weighted by molar-refractivity contribution is 6.32. The highest BCUT2D eigenvalue weighted by Gasteiger charge is 2.41. The number of carbonyl (C=O) groups excluding carboxylic acids is 2. The molecule has 5 aromatic rings. The second-order valence-corrected chi connectivity index (χ2v) is 11.4. The fourth-order valence-corrected chi connectivity index (χ4v) is 5.34. The number of amides is 1. The lowest BCUT2D eigenvalue weighted by molar-refractivity contribution is -0.200. The molecule has 1 amide bonds. The van der Waals surface area contributed by atoms with Crippen molar-refractivity contribution in [1.82, 2.24) is 39.4 Å². The third kappa shape index (κ3) is 7.12. The van der Waals surface area contributed by atoms with Crippen molar-refractivity contribution in [3.05, 3.63) is 65.0 Å². The van der Waals surface area contributed by atoms with Gasteiger partial charge in [-0.25, -0.2) is 19.4 Å². The van der Waals surface area contributed by atoms with Crippen LogP contribution in [0.1, 0.15) is 34.6 Å². The van der Waals surface area contributed by atoms with E-state index in [0.29, 0.717) is 49.6 Å². The summed E-state index contributed by atoms with van der Waals surface area (Å²) in [5.74, 6) is -2.33. The maximum absolute atomic E-state index is 12.8. The molecular formula is C31H31ClF3N9O5. The van der Waals surface area contributed by atoms with Gasteiger partial charge in [-0.2, -0.15) is 23.4 Å². The molecule has 4 heterocycles. The van der Waals surface area contributed by atoms with Crippen LogP contribution in [0.2, 0.25) is 5.02 Å². The Bertz CT molecular complexity index is 2010. The Labute approximate surface area is 282 Å². The molecule has 1 aromatic carbocycles. The van der Waals surface area contributed by atoms with E-state index >= 15 is 0 Å². The van der Waals surface area contributed by atoms with Crippen molar-refractivity contribution in [2.75, 3.05) is 39.6 Å². The van der Waals surface area contributed by atoms with E-state index < -0.39 is 31.4 Å². The lowest BCUT2D eigenvalue weighted by Crippen LogP contribution is -2.27. The van der Waals surface area contributed by atoms with Crippen molar-refractivity contribution >= 4 is 40.3 Å². The molecule has 0 bridgehead atoms. The zero-order chi connectivity index (χ0) is 35.6. The number of carbonyl (C=O) groups is 2. The quantitative estimate of drug-likeness (QED) is 0.150. The van der Waals surface area contributed by atoms with Crippen LogP contribution in [0.3, 0.4) is 0 Å². The summed E-state index contributed by atoms with van der Waals surface area (Å²) in [4.78, 5) is 38.1. The summed E-state index contributed by atoms with van der Waals surface area (Å²) in [6, 6.07) is 4.11. The summed E-state index contributed by atoms with van der Waals surface area (Å²) in [6.07, 6.45) is 0.822. The van der Waals surface area contributed by atoms with Crippen molar-refractivity contribution in [3.63, 3.8) is 0 Å². The van der Waals surface area contributed by atoms with Crippen molar-refractivity contribution < 1.29 is 37.3 Å². The van der Waals surface area contributed by atoms with Crippen LogP contribution >= 0.6 is 11.6 Å². The molecule has 18 heteroatoms. The molecule has 0 saturated carbocycles. The van der Waals surface area contributed by atoms with Gasteiger partial charge in [0, 0.05) is 53.8 Å². The van der Waals surface area contributed by atoms with Crippen LogP contribution in [-0.4, -0.2) is 96.5 Å². The minimum absolute atomic E-state index is 0.127. The smallest absolute Gasteiger partial charge is 0.489 e. The number of aliphatic hydroxyl groups excluding tert-OH is 1.